The molecule has 0 aliphatic carbocycles. The summed E-state index contributed by atoms with van der Waals surface area (Å²) in [4.78, 5) is 21.3. The quantitative estimate of drug-likeness (QED) is 0.682. The standard InChI is InChI=1S/C8H15NO4/c1-5(6(10)11)9-7(12)13-8(2,3)4/h5H,1-4H3,(H,9,12)(H,10,11)/t5-/m0/s1/i7+2. The van der Waals surface area contributed by atoms with Crippen molar-refractivity contribution in [3.63, 3.8) is 0 Å². The molecule has 0 fully saturated rings. The van der Waals surface area contributed by atoms with Crippen LogP contribution in [0, 0.1) is 0 Å². The predicted molar refractivity (Wildman–Crippen MR) is 46.5 cm³/mol. The summed E-state index contributed by atoms with van der Waals surface area (Å²) in [6, 6.07) is -0.935. The van der Waals surface area contributed by atoms with Gasteiger partial charge in [0.1, 0.15) is 11.6 Å². The van der Waals surface area contributed by atoms with E-state index in [1.54, 1.807) is 20.8 Å². The first-order valence-electron chi connectivity index (χ1n) is 3.94. The van der Waals surface area contributed by atoms with Gasteiger partial charge in [0.25, 0.3) is 0 Å². The first kappa shape index (κ1) is 11.7. The van der Waals surface area contributed by atoms with Crippen molar-refractivity contribution in [1.82, 2.24) is 5.32 Å². The zero-order valence-corrected chi connectivity index (χ0v) is 8.25. The van der Waals surface area contributed by atoms with Crippen LogP contribution in [0.2, 0.25) is 0 Å². The average molecular weight is 191 g/mol. The molecule has 0 saturated carbocycles. The summed E-state index contributed by atoms with van der Waals surface area (Å²) in [5.41, 5.74) is -0.609. The Bertz CT molecular complexity index is 207. The van der Waals surface area contributed by atoms with E-state index in [4.69, 9.17) is 9.84 Å². The van der Waals surface area contributed by atoms with E-state index in [2.05, 4.69) is 5.32 Å². The number of nitrogens with one attached hydrogen (secondary N) is 1. The fourth-order valence-corrected chi connectivity index (χ4v) is 0.546. The molecule has 2 N–H and O–H groups in total. The molecule has 0 bridgehead atoms. The Kier molecular flexibility index (Phi) is 3.71. The minimum atomic E-state index is -1.09. The normalized spacial score (nSPS) is 13.2. The van der Waals surface area contributed by atoms with Crippen molar-refractivity contribution >= 4 is 12.1 Å². The van der Waals surface area contributed by atoms with Crippen LogP contribution in [0.5, 0.6) is 0 Å². The van der Waals surface area contributed by atoms with Gasteiger partial charge in [0.05, 0.1) is 0 Å². The van der Waals surface area contributed by atoms with Crippen molar-refractivity contribution in [1.29, 1.82) is 0 Å². The number of hydrogen-bond donors (Lipinski definition) is 2. The highest BCUT2D eigenvalue weighted by molar-refractivity contribution is 5.79. The van der Waals surface area contributed by atoms with Gasteiger partial charge in [-0.2, -0.15) is 0 Å². The molecule has 76 valence electrons. The molecule has 0 heterocycles. The lowest BCUT2D eigenvalue weighted by Crippen LogP contribution is -2.41. The maximum absolute atomic E-state index is 11.0. The van der Waals surface area contributed by atoms with Crippen molar-refractivity contribution < 1.29 is 19.4 Å². The zero-order chi connectivity index (χ0) is 10.6. The number of ether oxygens (including phenoxy) is 1. The molecule has 0 aromatic heterocycles. The number of carbonyl (C=O) groups is 2. The SMILES string of the molecule is C[C@H](N[14C](=O)OC(C)(C)C)C(=O)O. The van der Waals surface area contributed by atoms with Crippen molar-refractivity contribution in [3.8, 4) is 0 Å². The average Bonchev–Trinajstić information content (AvgIpc) is 1.81. The molecule has 13 heavy (non-hydrogen) atoms. The van der Waals surface area contributed by atoms with Crippen LogP contribution in [0.25, 0.3) is 0 Å². The van der Waals surface area contributed by atoms with Gasteiger partial charge in [-0.15, -0.1) is 0 Å². The van der Waals surface area contributed by atoms with E-state index in [9.17, 15) is 9.59 Å². The monoisotopic (exact) mass is 191 g/mol. The van der Waals surface area contributed by atoms with Gasteiger partial charge in [-0.3, -0.25) is 4.79 Å². The van der Waals surface area contributed by atoms with E-state index >= 15 is 0 Å². The molecule has 0 aliphatic rings. The lowest BCUT2D eigenvalue weighted by atomic mass is 10.2. The third-order valence-corrected chi connectivity index (χ3v) is 1.10. The van der Waals surface area contributed by atoms with Crippen LogP contribution < -0.4 is 5.32 Å². The van der Waals surface area contributed by atoms with Gasteiger partial charge in [0.15, 0.2) is 0 Å². The number of hydrogen-bond acceptors (Lipinski definition) is 3. The number of amides is 1. The summed E-state index contributed by atoms with van der Waals surface area (Å²) in [5, 5.41) is 10.6. The Balaban J connectivity index is 3.96. The number of carbonyl (C=O) groups excluding carboxylic acids is 1. The first-order chi connectivity index (χ1) is 5.72. The summed E-state index contributed by atoms with van der Waals surface area (Å²) in [6.07, 6.45) is -0.720. The van der Waals surface area contributed by atoms with Crippen molar-refractivity contribution in [2.45, 2.75) is 39.3 Å². The van der Waals surface area contributed by atoms with Gasteiger partial charge in [-0.05, 0) is 27.7 Å². The molecule has 5 heteroatoms. The summed E-state index contributed by atoms with van der Waals surface area (Å²) in [6.45, 7) is 6.49. The summed E-state index contributed by atoms with van der Waals surface area (Å²) < 4.78 is 4.85. The van der Waals surface area contributed by atoms with Crippen molar-refractivity contribution in [3.05, 3.63) is 0 Å². The third kappa shape index (κ3) is 5.95. The largest absolute Gasteiger partial charge is 0.480 e. The second-order valence-corrected chi connectivity index (χ2v) is 3.71. The molecule has 5 nitrogen and oxygen atoms in total. The molecule has 0 aromatic rings. The molecular formula is C8H15NO4. The first-order valence-corrected chi connectivity index (χ1v) is 3.94. The molecule has 0 saturated heterocycles. The summed E-state index contributed by atoms with van der Waals surface area (Å²) in [7, 11) is 0. The van der Waals surface area contributed by atoms with Crippen LogP contribution in [0.3, 0.4) is 0 Å². The fraction of sp³-hybridized carbons (Fsp3) is 0.750. The topological polar surface area (TPSA) is 75.6 Å². The van der Waals surface area contributed by atoms with Gasteiger partial charge in [-0.25, -0.2) is 4.79 Å². The molecule has 0 aliphatic heterocycles. The molecule has 0 radical (unpaired) electrons. The summed E-state index contributed by atoms with van der Waals surface area (Å²) in [5.74, 6) is -1.09. The Morgan fingerprint density at radius 2 is 2.00 bits per heavy atom. The van der Waals surface area contributed by atoms with E-state index in [1.165, 1.54) is 6.92 Å². The van der Waals surface area contributed by atoms with Crippen LogP contribution in [0.4, 0.5) is 4.79 Å². The van der Waals surface area contributed by atoms with E-state index in [0.29, 0.717) is 0 Å². The minimum absolute atomic E-state index is 0.609. The number of carboxylic acid groups (broad SMARTS) is 1. The second kappa shape index (κ2) is 4.11. The van der Waals surface area contributed by atoms with Crippen LogP contribution >= 0.6 is 0 Å². The smallest absolute Gasteiger partial charge is 0.408 e. The lowest BCUT2D eigenvalue weighted by Gasteiger charge is -2.20. The molecule has 0 spiro atoms. The highest BCUT2D eigenvalue weighted by Gasteiger charge is 2.20. The van der Waals surface area contributed by atoms with Gasteiger partial charge >= 0.3 is 12.1 Å². The van der Waals surface area contributed by atoms with Crippen LogP contribution in [-0.4, -0.2) is 28.8 Å². The van der Waals surface area contributed by atoms with E-state index in [1.807, 2.05) is 0 Å². The zero-order valence-electron chi connectivity index (χ0n) is 8.25. The maximum atomic E-state index is 11.0. The summed E-state index contributed by atoms with van der Waals surface area (Å²) >= 11 is 0. The molecule has 0 unspecified atom stereocenters. The Morgan fingerprint density at radius 3 is 2.31 bits per heavy atom. The van der Waals surface area contributed by atoms with Gasteiger partial charge in [0, 0.05) is 0 Å². The molecule has 1 atom stereocenters. The number of alkyl carbamates (subject to hydrolysis) is 1. The third-order valence-electron chi connectivity index (χ3n) is 1.10. The minimum Gasteiger partial charge on any atom is -0.480 e. The lowest BCUT2D eigenvalue weighted by molar-refractivity contribution is -0.139. The van der Waals surface area contributed by atoms with E-state index < -0.39 is 23.7 Å². The molecule has 0 rings (SSSR count). The highest BCUT2D eigenvalue weighted by Crippen LogP contribution is 2.06. The number of carboxylic acids is 1. The van der Waals surface area contributed by atoms with Gasteiger partial charge < -0.3 is 15.2 Å². The highest BCUT2D eigenvalue weighted by atomic mass is 16.8. The Morgan fingerprint density at radius 1 is 1.54 bits per heavy atom. The number of aliphatic carboxylic acids is 1. The molecule has 1 amide bonds. The molecule has 0 aromatic carbocycles. The van der Waals surface area contributed by atoms with Gasteiger partial charge in [0.2, 0.25) is 0 Å². The Labute approximate surface area is 77.1 Å². The van der Waals surface area contributed by atoms with E-state index in [-0.39, 0.29) is 0 Å². The van der Waals surface area contributed by atoms with Gasteiger partial charge in [-0.1, -0.05) is 0 Å². The predicted octanol–water partition coefficient (Wildman–Crippen LogP) is 0.984. The van der Waals surface area contributed by atoms with E-state index in [0.717, 1.165) is 0 Å². The maximum Gasteiger partial charge on any atom is 0.408 e. The molecular weight excluding hydrogens is 176 g/mol. The van der Waals surface area contributed by atoms with Crippen molar-refractivity contribution in [2.24, 2.45) is 0 Å². The van der Waals surface area contributed by atoms with Crippen LogP contribution in [0.1, 0.15) is 27.7 Å². The van der Waals surface area contributed by atoms with Crippen LogP contribution in [-0.2, 0) is 9.53 Å². The number of rotatable bonds is 2. The van der Waals surface area contributed by atoms with Crippen LogP contribution in [0.15, 0.2) is 0 Å². The second-order valence-electron chi connectivity index (χ2n) is 3.71. The fourth-order valence-electron chi connectivity index (χ4n) is 0.546. The Hall–Kier alpha value is -1.26. The van der Waals surface area contributed by atoms with Crippen molar-refractivity contribution in [2.75, 3.05) is 0 Å².